The molecule has 0 spiro atoms. The summed E-state index contributed by atoms with van der Waals surface area (Å²) in [6, 6.07) is 14.5. The standard InChI is InChI=1S/C16H14FN3S/c17-12-7-5-11(6-8-12)9-20-10-15(21-16(18)19)13-3-1-2-4-14(13)20/h1-8,10H,9H2,(H3,18,19). The van der Waals surface area contributed by atoms with E-state index in [1.165, 1.54) is 23.9 Å². The maximum atomic E-state index is 13.0. The third-order valence-corrected chi connectivity index (χ3v) is 4.00. The second kappa shape index (κ2) is 5.61. The van der Waals surface area contributed by atoms with Crippen LogP contribution in [0.5, 0.6) is 0 Å². The van der Waals surface area contributed by atoms with Crippen molar-refractivity contribution >= 4 is 27.8 Å². The van der Waals surface area contributed by atoms with Crippen LogP contribution in [0.15, 0.2) is 59.6 Å². The summed E-state index contributed by atoms with van der Waals surface area (Å²) in [7, 11) is 0. The molecule has 0 radical (unpaired) electrons. The molecule has 0 aliphatic rings. The number of hydrogen-bond acceptors (Lipinski definition) is 2. The van der Waals surface area contributed by atoms with Gasteiger partial charge in [-0.3, -0.25) is 5.41 Å². The number of nitrogens with two attached hydrogens (primary N) is 1. The largest absolute Gasteiger partial charge is 0.378 e. The van der Waals surface area contributed by atoms with Crippen molar-refractivity contribution < 1.29 is 4.39 Å². The summed E-state index contributed by atoms with van der Waals surface area (Å²) in [6.45, 7) is 0.652. The van der Waals surface area contributed by atoms with Crippen LogP contribution in [0, 0.1) is 11.2 Å². The highest BCUT2D eigenvalue weighted by molar-refractivity contribution is 8.13. The average Bonchev–Trinajstić information content (AvgIpc) is 2.79. The van der Waals surface area contributed by atoms with Gasteiger partial charge < -0.3 is 10.3 Å². The van der Waals surface area contributed by atoms with Gasteiger partial charge in [0.15, 0.2) is 5.17 Å². The lowest BCUT2D eigenvalue weighted by molar-refractivity contribution is 0.626. The topological polar surface area (TPSA) is 54.8 Å². The Kier molecular flexibility index (Phi) is 3.66. The van der Waals surface area contributed by atoms with Gasteiger partial charge in [0.05, 0.1) is 0 Å². The Labute approximate surface area is 126 Å². The lowest BCUT2D eigenvalue weighted by Crippen LogP contribution is -2.02. The first-order valence-corrected chi connectivity index (χ1v) is 7.29. The Bertz CT molecular complexity index is 793. The molecule has 2 aromatic carbocycles. The molecule has 3 rings (SSSR count). The van der Waals surface area contributed by atoms with Crippen molar-refractivity contribution in [2.45, 2.75) is 11.4 Å². The lowest BCUT2D eigenvalue weighted by Gasteiger charge is -2.05. The van der Waals surface area contributed by atoms with Crippen molar-refractivity contribution in [1.29, 1.82) is 5.41 Å². The van der Waals surface area contributed by atoms with Crippen LogP contribution in [-0.2, 0) is 6.54 Å². The maximum absolute atomic E-state index is 13.0. The predicted molar refractivity (Wildman–Crippen MR) is 85.2 cm³/mol. The second-order valence-corrected chi connectivity index (χ2v) is 5.81. The summed E-state index contributed by atoms with van der Waals surface area (Å²) in [5.41, 5.74) is 7.59. The molecular formula is C16H14FN3S. The number of amidine groups is 1. The quantitative estimate of drug-likeness (QED) is 0.439. The zero-order chi connectivity index (χ0) is 14.8. The number of aromatic nitrogens is 1. The predicted octanol–water partition coefficient (Wildman–Crippen LogP) is 3.81. The molecule has 0 amide bonds. The van der Waals surface area contributed by atoms with Crippen molar-refractivity contribution in [3.63, 3.8) is 0 Å². The molecule has 3 nitrogen and oxygen atoms in total. The Balaban J connectivity index is 2.01. The van der Waals surface area contributed by atoms with Crippen LogP contribution in [0.1, 0.15) is 5.56 Å². The third-order valence-electron chi connectivity index (χ3n) is 3.24. The van der Waals surface area contributed by atoms with Gasteiger partial charge in [0.1, 0.15) is 5.82 Å². The molecule has 3 aromatic rings. The van der Waals surface area contributed by atoms with Gasteiger partial charge in [0.2, 0.25) is 0 Å². The average molecular weight is 299 g/mol. The monoisotopic (exact) mass is 299 g/mol. The first-order chi connectivity index (χ1) is 10.1. The second-order valence-electron chi connectivity index (χ2n) is 4.73. The number of benzene rings is 2. The third kappa shape index (κ3) is 2.92. The maximum Gasteiger partial charge on any atom is 0.156 e. The number of halogens is 1. The van der Waals surface area contributed by atoms with E-state index in [0.29, 0.717) is 6.54 Å². The number of rotatable bonds is 3. The minimum Gasteiger partial charge on any atom is -0.378 e. The van der Waals surface area contributed by atoms with Gasteiger partial charge >= 0.3 is 0 Å². The molecule has 1 aromatic heterocycles. The van der Waals surface area contributed by atoms with E-state index in [4.69, 9.17) is 11.1 Å². The fourth-order valence-corrected chi connectivity index (χ4v) is 3.03. The summed E-state index contributed by atoms with van der Waals surface area (Å²) >= 11 is 1.24. The Morgan fingerprint density at radius 1 is 1.14 bits per heavy atom. The molecule has 21 heavy (non-hydrogen) atoms. The molecule has 0 unspecified atom stereocenters. The van der Waals surface area contributed by atoms with E-state index < -0.39 is 0 Å². The van der Waals surface area contributed by atoms with E-state index in [1.54, 1.807) is 12.1 Å². The molecule has 5 heteroatoms. The lowest BCUT2D eigenvalue weighted by atomic mass is 10.2. The fraction of sp³-hybridized carbons (Fsp3) is 0.0625. The van der Waals surface area contributed by atoms with Crippen LogP contribution in [0.2, 0.25) is 0 Å². The molecule has 0 saturated heterocycles. The van der Waals surface area contributed by atoms with E-state index >= 15 is 0 Å². The summed E-state index contributed by atoms with van der Waals surface area (Å²) < 4.78 is 15.1. The van der Waals surface area contributed by atoms with Crippen LogP contribution >= 0.6 is 11.8 Å². The van der Waals surface area contributed by atoms with Gasteiger partial charge in [-0.1, -0.05) is 42.1 Å². The molecule has 1 heterocycles. The van der Waals surface area contributed by atoms with E-state index in [9.17, 15) is 4.39 Å². The molecule has 106 valence electrons. The number of nitrogens with one attached hydrogen (secondary N) is 1. The smallest absolute Gasteiger partial charge is 0.156 e. The van der Waals surface area contributed by atoms with Crippen LogP contribution in [0.4, 0.5) is 4.39 Å². The Hall–Kier alpha value is -2.27. The number of hydrogen-bond donors (Lipinski definition) is 2. The molecule has 3 N–H and O–H groups in total. The number of thioether (sulfide) groups is 1. The van der Waals surface area contributed by atoms with Gasteiger partial charge in [-0.25, -0.2) is 4.39 Å². The Morgan fingerprint density at radius 2 is 1.86 bits per heavy atom. The zero-order valence-corrected chi connectivity index (χ0v) is 12.0. The fourth-order valence-electron chi connectivity index (χ4n) is 2.33. The number of fused-ring (bicyclic) bond motifs is 1. The SMILES string of the molecule is N=C(N)Sc1cn(Cc2ccc(F)cc2)c2ccccc12. The highest BCUT2D eigenvalue weighted by Gasteiger charge is 2.10. The molecule has 0 aliphatic carbocycles. The van der Waals surface area contributed by atoms with Crippen molar-refractivity contribution in [3.8, 4) is 0 Å². The van der Waals surface area contributed by atoms with Crippen LogP contribution in [-0.4, -0.2) is 9.73 Å². The normalized spacial score (nSPS) is 10.9. The highest BCUT2D eigenvalue weighted by Crippen LogP contribution is 2.30. The summed E-state index contributed by atoms with van der Waals surface area (Å²) in [5.74, 6) is -0.232. The molecule has 0 bridgehead atoms. The van der Waals surface area contributed by atoms with Crippen LogP contribution < -0.4 is 5.73 Å². The molecular weight excluding hydrogens is 285 g/mol. The molecule has 0 saturated carbocycles. The van der Waals surface area contributed by atoms with E-state index in [1.807, 2.05) is 30.5 Å². The minimum absolute atomic E-state index is 0.0692. The number of nitrogens with zero attached hydrogens (tertiary/aromatic N) is 1. The number of para-hydroxylation sites is 1. The zero-order valence-electron chi connectivity index (χ0n) is 11.2. The van der Waals surface area contributed by atoms with Gasteiger partial charge in [-0.05, 0) is 23.8 Å². The minimum atomic E-state index is -0.232. The molecule has 0 atom stereocenters. The van der Waals surface area contributed by atoms with Crippen LogP contribution in [0.25, 0.3) is 10.9 Å². The van der Waals surface area contributed by atoms with Crippen molar-refractivity contribution in [1.82, 2.24) is 4.57 Å². The van der Waals surface area contributed by atoms with E-state index in [0.717, 1.165) is 21.4 Å². The first kappa shape index (κ1) is 13.7. The summed E-state index contributed by atoms with van der Waals surface area (Å²) in [4.78, 5) is 0.959. The van der Waals surface area contributed by atoms with Gasteiger partial charge in [-0.2, -0.15) is 0 Å². The van der Waals surface area contributed by atoms with Crippen molar-refractivity contribution in [3.05, 3.63) is 66.1 Å². The molecule has 0 aliphatic heterocycles. The van der Waals surface area contributed by atoms with Crippen molar-refractivity contribution in [2.75, 3.05) is 0 Å². The summed E-state index contributed by atoms with van der Waals surface area (Å²) in [5, 5.41) is 8.59. The van der Waals surface area contributed by atoms with E-state index in [2.05, 4.69) is 4.57 Å². The van der Waals surface area contributed by atoms with Crippen LogP contribution in [0.3, 0.4) is 0 Å². The Morgan fingerprint density at radius 3 is 2.57 bits per heavy atom. The summed E-state index contributed by atoms with van der Waals surface area (Å²) in [6.07, 6.45) is 1.99. The van der Waals surface area contributed by atoms with E-state index in [-0.39, 0.29) is 11.0 Å². The van der Waals surface area contributed by atoms with Gasteiger partial charge in [-0.15, -0.1) is 0 Å². The van der Waals surface area contributed by atoms with Gasteiger partial charge in [0.25, 0.3) is 0 Å². The first-order valence-electron chi connectivity index (χ1n) is 6.47. The van der Waals surface area contributed by atoms with Gasteiger partial charge in [0, 0.05) is 28.5 Å². The van der Waals surface area contributed by atoms with Crippen molar-refractivity contribution in [2.24, 2.45) is 5.73 Å². The highest BCUT2D eigenvalue weighted by atomic mass is 32.2. The molecule has 0 fully saturated rings.